The fourth-order valence-electron chi connectivity index (χ4n) is 3.58. The molecule has 6 nitrogen and oxygen atoms in total. The number of carbonyl (C=O) groups excluding carboxylic acids is 1. The first-order valence-corrected chi connectivity index (χ1v) is 7.87. The topological polar surface area (TPSA) is 70.4 Å². The number of nitrogens with zero attached hydrogens (tertiary/aromatic N) is 3. The fourth-order valence-corrected chi connectivity index (χ4v) is 3.58. The highest BCUT2D eigenvalue weighted by Crippen LogP contribution is 2.26. The summed E-state index contributed by atoms with van der Waals surface area (Å²) in [5.74, 6) is -0.144. The van der Waals surface area contributed by atoms with Crippen LogP contribution in [0.3, 0.4) is 0 Å². The average molecular weight is 292 g/mol. The van der Waals surface area contributed by atoms with Crippen LogP contribution >= 0.6 is 0 Å². The van der Waals surface area contributed by atoms with Gasteiger partial charge in [-0.15, -0.1) is 0 Å². The molecule has 6 heteroatoms. The Balaban J connectivity index is 1.63. The molecule has 2 aliphatic rings. The SMILES string of the molecule is Cn1cc(C(=O)N[C@@H]2CCC[C@@H](N3CCCC3)[C@@H]2O)cn1. The maximum absolute atomic E-state index is 12.2. The van der Waals surface area contributed by atoms with Gasteiger partial charge in [0.25, 0.3) is 5.91 Å². The van der Waals surface area contributed by atoms with Crippen molar-refractivity contribution in [3.63, 3.8) is 0 Å². The van der Waals surface area contributed by atoms with Gasteiger partial charge in [-0.3, -0.25) is 14.4 Å². The summed E-state index contributed by atoms with van der Waals surface area (Å²) in [7, 11) is 1.79. The highest BCUT2D eigenvalue weighted by molar-refractivity contribution is 5.93. The molecule has 0 radical (unpaired) electrons. The summed E-state index contributed by atoms with van der Waals surface area (Å²) in [6, 6.07) is 0.0394. The maximum atomic E-state index is 12.2. The molecule has 1 aliphatic carbocycles. The molecule has 21 heavy (non-hydrogen) atoms. The first-order valence-electron chi connectivity index (χ1n) is 7.87. The zero-order chi connectivity index (χ0) is 14.8. The lowest BCUT2D eigenvalue weighted by Crippen LogP contribution is -2.56. The number of likely N-dealkylation sites (tertiary alicyclic amines) is 1. The van der Waals surface area contributed by atoms with Gasteiger partial charge >= 0.3 is 0 Å². The molecular formula is C15H24N4O2. The van der Waals surface area contributed by atoms with E-state index in [-0.39, 0.29) is 18.0 Å². The molecule has 2 heterocycles. The Kier molecular flexibility index (Phi) is 4.26. The van der Waals surface area contributed by atoms with E-state index >= 15 is 0 Å². The van der Waals surface area contributed by atoms with Crippen molar-refractivity contribution < 1.29 is 9.90 Å². The number of amides is 1. The van der Waals surface area contributed by atoms with Crippen molar-refractivity contribution in [3.8, 4) is 0 Å². The number of aliphatic hydroxyl groups is 1. The van der Waals surface area contributed by atoms with Crippen LogP contribution in [0.15, 0.2) is 12.4 Å². The zero-order valence-corrected chi connectivity index (χ0v) is 12.5. The first kappa shape index (κ1) is 14.5. The fraction of sp³-hybridized carbons (Fsp3) is 0.733. The zero-order valence-electron chi connectivity index (χ0n) is 12.5. The summed E-state index contributed by atoms with van der Waals surface area (Å²) in [4.78, 5) is 14.6. The lowest BCUT2D eigenvalue weighted by atomic mass is 9.87. The maximum Gasteiger partial charge on any atom is 0.254 e. The minimum absolute atomic E-state index is 0.144. The monoisotopic (exact) mass is 292 g/mol. The smallest absolute Gasteiger partial charge is 0.254 e. The molecule has 1 aromatic heterocycles. The van der Waals surface area contributed by atoms with E-state index in [0.717, 1.165) is 32.4 Å². The summed E-state index contributed by atoms with van der Waals surface area (Å²) in [5, 5.41) is 17.6. The molecule has 1 aliphatic heterocycles. The van der Waals surface area contributed by atoms with Gasteiger partial charge < -0.3 is 10.4 Å². The van der Waals surface area contributed by atoms with Crippen LogP contribution in [-0.2, 0) is 7.05 Å². The largest absolute Gasteiger partial charge is 0.389 e. The van der Waals surface area contributed by atoms with Gasteiger partial charge in [-0.05, 0) is 45.2 Å². The number of hydrogen-bond acceptors (Lipinski definition) is 4. The molecule has 3 rings (SSSR count). The van der Waals surface area contributed by atoms with Crippen molar-refractivity contribution in [2.75, 3.05) is 13.1 Å². The van der Waals surface area contributed by atoms with Gasteiger partial charge in [-0.1, -0.05) is 0 Å². The Morgan fingerprint density at radius 3 is 2.76 bits per heavy atom. The van der Waals surface area contributed by atoms with E-state index in [9.17, 15) is 9.90 Å². The highest BCUT2D eigenvalue weighted by Gasteiger charge is 2.37. The second-order valence-electron chi connectivity index (χ2n) is 6.21. The summed E-state index contributed by atoms with van der Waals surface area (Å²) in [5.41, 5.74) is 0.549. The molecule has 1 amide bonds. The van der Waals surface area contributed by atoms with Crippen LogP contribution in [-0.4, -0.2) is 57.0 Å². The quantitative estimate of drug-likeness (QED) is 0.852. The predicted octanol–water partition coefficient (Wildman–Crippen LogP) is 0.528. The van der Waals surface area contributed by atoms with Gasteiger partial charge in [-0.2, -0.15) is 5.10 Å². The molecule has 0 bridgehead atoms. The standard InChI is InChI=1S/C15H24N4O2/c1-18-10-11(9-16-18)15(21)17-12-5-4-6-13(14(12)20)19-7-2-3-8-19/h9-10,12-14,20H,2-8H2,1H3,(H,17,21)/t12-,13-,14-/m1/s1. The number of aryl methyl sites for hydroxylation is 1. The number of rotatable bonds is 3. The van der Waals surface area contributed by atoms with Crippen molar-refractivity contribution in [1.29, 1.82) is 0 Å². The van der Waals surface area contributed by atoms with Gasteiger partial charge in [-0.25, -0.2) is 0 Å². The van der Waals surface area contributed by atoms with Gasteiger partial charge in [0.2, 0.25) is 0 Å². The Morgan fingerprint density at radius 1 is 1.33 bits per heavy atom. The molecule has 0 aromatic carbocycles. The van der Waals surface area contributed by atoms with Gasteiger partial charge in [0.05, 0.1) is 23.9 Å². The number of carbonyl (C=O) groups is 1. The van der Waals surface area contributed by atoms with E-state index in [0.29, 0.717) is 5.56 Å². The minimum atomic E-state index is -0.475. The van der Waals surface area contributed by atoms with E-state index in [1.165, 1.54) is 12.8 Å². The van der Waals surface area contributed by atoms with Crippen molar-refractivity contribution in [3.05, 3.63) is 18.0 Å². The third kappa shape index (κ3) is 3.11. The van der Waals surface area contributed by atoms with Gasteiger partial charge in [0.1, 0.15) is 0 Å². The van der Waals surface area contributed by atoms with Crippen LogP contribution in [0, 0.1) is 0 Å². The van der Waals surface area contributed by atoms with E-state index < -0.39 is 6.10 Å². The lowest BCUT2D eigenvalue weighted by molar-refractivity contribution is 0.00704. The summed E-state index contributed by atoms with van der Waals surface area (Å²) < 4.78 is 1.61. The van der Waals surface area contributed by atoms with Gasteiger partial charge in [0.15, 0.2) is 0 Å². The number of hydrogen-bond donors (Lipinski definition) is 2. The van der Waals surface area contributed by atoms with E-state index in [1.54, 1.807) is 24.1 Å². The Labute approximate surface area is 125 Å². The van der Waals surface area contributed by atoms with Crippen LogP contribution < -0.4 is 5.32 Å². The molecule has 3 atom stereocenters. The molecule has 1 aromatic rings. The van der Waals surface area contributed by atoms with E-state index in [1.807, 2.05) is 0 Å². The minimum Gasteiger partial charge on any atom is -0.389 e. The molecule has 116 valence electrons. The molecule has 0 spiro atoms. The van der Waals surface area contributed by atoms with Gasteiger partial charge in [0, 0.05) is 19.3 Å². The van der Waals surface area contributed by atoms with Crippen LogP contribution in [0.25, 0.3) is 0 Å². The third-order valence-corrected chi connectivity index (χ3v) is 4.71. The first-order chi connectivity index (χ1) is 10.1. The molecule has 2 N–H and O–H groups in total. The Hall–Kier alpha value is -1.40. The molecule has 1 saturated heterocycles. The normalized spacial score (nSPS) is 30.5. The highest BCUT2D eigenvalue weighted by atomic mass is 16.3. The summed E-state index contributed by atoms with van der Waals surface area (Å²) in [6.45, 7) is 2.15. The van der Waals surface area contributed by atoms with Crippen molar-refractivity contribution in [2.24, 2.45) is 7.05 Å². The second kappa shape index (κ2) is 6.15. The Bertz CT molecular complexity index is 496. The third-order valence-electron chi connectivity index (χ3n) is 4.71. The van der Waals surface area contributed by atoms with E-state index in [2.05, 4.69) is 15.3 Å². The van der Waals surface area contributed by atoms with Crippen molar-refractivity contribution in [2.45, 2.75) is 50.3 Å². The molecular weight excluding hydrogens is 268 g/mol. The van der Waals surface area contributed by atoms with Crippen molar-refractivity contribution >= 4 is 5.91 Å². The summed E-state index contributed by atoms with van der Waals surface area (Å²) >= 11 is 0. The molecule has 0 unspecified atom stereocenters. The van der Waals surface area contributed by atoms with Crippen LogP contribution in [0.1, 0.15) is 42.5 Å². The predicted molar refractivity (Wildman–Crippen MR) is 78.9 cm³/mol. The summed E-state index contributed by atoms with van der Waals surface area (Å²) in [6.07, 6.45) is 8.14. The lowest BCUT2D eigenvalue weighted by Gasteiger charge is -2.40. The average Bonchev–Trinajstić information content (AvgIpc) is 3.12. The van der Waals surface area contributed by atoms with Crippen LogP contribution in [0.2, 0.25) is 0 Å². The number of aromatic nitrogens is 2. The van der Waals surface area contributed by atoms with Crippen LogP contribution in [0.5, 0.6) is 0 Å². The Morgan fingerprint density at radius 2 is 2.10 bits per heavy atom. The molecule has 1 saturated carbocycles. The second-order valence-corrected chi connectivity index (χ2v) is 6.21. The van der Waals surface area contributed by atoms with Crippen LogP contribution in [0.4, 0.5) is 0 Å². The number of nitrogens with one attached hydrogen (secondary N) is 1. The number of aliphatic hydroxyl groups excluding tert-OH is 1. The van der Waals surface area contributed by atoms with Crippen molar-refractivity contribution in [1.82, 2.24) is 20.0 Å². The van der Waals surface area contributed by atoms with E-state index in [4.69, 9.17) is 0 Å². The molecule has 2 fully saturated rings.